The zero-order valence-electron chi connectivity index (χ0n) is 13.0. The van der Waals surface area contributed by atoms with E-state index >= 15 is 0 Å². The zero-order valence-corrected chi connectivity index (χ0v) is 14.6. The van der Waals surface area contributed by atoms with Crippen LogP contribution in [0.2, 0.25) is 0 Å². The number of thiophene rings is 1. The molecule has 0 unspecified atom stereocenters. The third-order valence-electron chi connectivity index (χ3n) is 4.78. The van der Waals surface area contributed by atoms with E-state index in [1.807, 2.05) is 6.07 Å². The Labute approximate surface area is 136 Å². The molecule has 3 rings (SSSR count). The van der Waals surface area contributed by atoms with Crippen molar-refractivity contribution in [2.24, 2.45) is 0 Å². The fourth-order valence-electron chi connectivity index (χ4n) is 3.37. The number of fused-ring (bicyclic) bond motifs is 1. The number of aryl methyl sites for hydroxylation is 2. The first kappa shape index (κ1) is 16.0. The number of rotatable bonds is 2. The molecule has 0 N–H and O–H groups in total. The molecule has 2 heterocycles. The summed E-state index contributed by atoms with van der Waals surface area (Å²) in [5.41, 5.74) is 1.33. The normalized spacial score (nSPS) is 24.3. The van der Waals surface area contributed by atoms with Crippen LogP contribution < -0.4 is 0 Å². The van der Waals surface area contributed by atoms with Crippen LogP contribution in [0.5, 0.6) is 0 Å². The third kappa shape index (κ3) is 3.38. The third-order valence-corrected chi connectivity index (χ3v) is 7.76. The van der Waals surface area contributed by atoms with E-state index in [2.05, 4.69) is 0 Å². The first-order valence-corrected chi connectivity index (χ1v) is 10.7. The summed E-state index contributed by atoms with van der Waals surface area (Å²) in [5, 5.41) is 0. The Morgan fingerprint density at radius 1 is 1.23 bits per heavy atom. The molecule has 6 heteroatoms. The summed E-state index contributed by atoms with van der Waals surface area (Å²) in [6.07, 6.45) is 7.68. The maximum absolute atomic E-state index is 12.7. The summed E-state index contributed by atoms with van der Waals surface area (Å²) in [4.78, 5) is 16.4. The number of carbonyl (C=O) groups excluding carboxylic acids is 1. The highest BCUT2D eigenvalue weighted by molar-refractivity contribution is 7.91. The summed E-state index contributed by atoms with van der Waals surface area (Å²) in [6.45, 7) is 0. The Kier molecular flexibility index (Phi) is 4.59. The number of amides is 1. The molecule has 1 fully saturated rings. The SMILES string of the molecule is CN(C(=O)c1cc2c(s1)CCCCCC2)[C@@H]1CCS(=O)(=O)C1. The largest absolute Gasteiger partial charge is 0.337 e. The maximum Gasteiger partial charge on any atom is 0.263 e. The Hall–Kier alpha value is -0.880. The molecule has 0 bridgehead atoms. The van der Waals surface area contributed by atoms with Crippen LogP contribution in [-0.4, -0.2) is 43.8 Å². The minimum Gasteiger partial charge on any atom is -0.337 e. The van der Waals surface area contributed by atoms with Gasteiger partial charge >= 0.3 is 0 Å². The highest BCUT2D eigenvalue weighted by Crippen LogP contribution is 2.30. The van der Waals surface area contributed by atoms with E-state index in [-0.39, 0.29) is 23.5 Å². The maximum atomic E-state index is 12.7. The molecular weight excluding hydrogens is 318 g/mol. The molecule has 0 saturated carbocycles. The van der Waals surface area contributed by atoms with Crippen LogP contribution in [0, 0.1) is 0 Å². The highest BCUT2D eigenvalue weighted by atomic mass is 32.2. The first-order chi connectivity index (χ1) is 10.5. The molecule has 1 aliphatic heterocycles. The number of nitrogens with zero attached hydrogens (tertiary/aromatic N) is 1. The van der Waals surface area contributed by atoms with Gasteiger partial charge in [-0.25, -0.2) is 8.42 Å². The minimum atomic E-state index is -2.96. The summed E-state index contributed by atoms with van der Waals surface area (Å²) >= 11 is 1.61. The van der Waals surface area contributed by atoms with Crippen molar-refractivity contribution >= 4 is 27.1 Å². The van der Waals surface area contributed by atoms with Gasteiger partial charge in [-0.1, -0.05) is 12.8 Å². The van der Waals surface area contributed by atoms with Crippen molar-refractivity contribution in [2.75, 3.05) is 18.6 Å². The smallest absolute Gasteiger partial charge is 0.263 e. The molecule has 2 aliphatic rings. The summed E-state index contributed by atoms with van der Waals surface area (Å²) in [5.74, 6) is 0.301. The predicted octanol–water partition coefficient (Wildman–Crippen LogP) is 2.67. The summed E-state index contributed by atoms with van der Waals surface area (Å²) in [7, 11) is -1.22. The standard InChI is InChI=1S/C16H23NO3S2/c1-17(13-8-9-22(19,20)11-13)16(18)15-10-12-6-4-2-3-5-7-14(12)21-15/h10,13H,2-9,11H2,1H3/t13-/m1/s1. The Morgan fingerprint density at radius 3 is 2.64 bits per heavy atom. The van der Waals surface area contributed by atoms with E-state index in [0.717, 1.165) is 17.7 Å². The van der Waals surface area contributed by atoms with Crippen molar-refractivity contribution in [1.29, 1.82) is 0 Å². The van der Waals surface area contributed by atoms with Gasteiger partial charge in [-0.2, -0.15) is 0 Å². The first-order valence-electron chi connectivity index (χ1n) is 8.05. The molecule has 1 aliphatic carbocycles. The molecule has 1 saturated heterocycles. The van der Waals surface area contributed by atoms with Gasteiger partial charge in [-0.05, 0) is 43.7 Å². The number of sulfone groups is 1. The lowest BCUT2D eigenvalue weighted by Gasteiger charge is -2.22. The fourth-order valence-corrected chi connectivity index (χ4v) is 6.38. The average Bonchev–Trinajstić information content (AvgIpc) is 3.00. The second-order valence-corrected chi connectivity index (χ2v) is 9.81. The zero-order chi connectivity index (χ0) is 15.7. The second kappa shape index (κ2) is 6.32. The van der Waals surface area contributed by atoms with E-state index < -0.39 is 9.84 Å². The Morgan fingerprint density at radius 2 is 1.95 bits per heavy atom. The average molecular weight is 341 g/mol. The van der Waals surface area contributed by atoms with Crippen LogP contribution in [0.4, 0.5) is 0 Å². The van der Waals surface area contributed by atoms with Gasteiger partial charge in [0.1, 0.15) is 0 Å². The number of hydrogen-bond donors (Lipinski definition) is 0. The van der Waals surface area contributed by atoms with Crippen LogP contribution in [0.1, 0.15) is 52.2 Å². The molecule has 1 atom stereocenters. The fraction of sp³-hybridized carbons (Fsp3) is 0.688. The van der Waals surface area contributed by atoms with Gasteiger partial charge in [0.2, 0.25) is 0 Å². The van der Waals surface area contributed by atoms with Gasteiger partial charge in [0.15, 0.2) is 9.84 Å². The molecule has 4 nitrogen and oxygen atoms in total. The topological polar surface area (TPSA) is 54.5 Å². The predicted molar refractivity (Wildman–Crippen MR) is 89.3 cm³/mol. The molecule has 22 heavy (non-hydrogen) atoms. The van der Waals surface area contributed by atoms with Gasteiger partial charge in [-0.3, -0.25) is 4.79 Å². The molecule has 1 amide bonds. The van der Waals surface area contributed by atoms with Crippen molar-refractivity contribution in [3.63, 3.8) is 0 Å². The quantitative estimate of drug-likeness (QED) is 0.831. The summed E-state index contributed by atoms with van der Waals surface area (Å²) in [6, 6.07) is 1.88. The van der Waals surface area contributed by atoms with Crippen LogP contribution in [0.3, 0.4) is 0 Å². The van der Waals surface area contributed by atoms with Gasteiger partial charge < -0.3 is 4.90 Å². The Bertz CT molecular complexity index is 637. The molecule has 0 spiro atoms. The van der Waals surface area contributed by atoms with E-state index in [0.29, 0.717) is 6.42 Å². The van der Waals surface area contributed by atoms with Gasteiger partial charge in [0, 0.05) is 18.0 Å². The number of hydrogen-bond acceptors (Lipinski definition) is 4. The van der Waals surface area contributed by atoms with Crippen LogP contribution in [0.25, 0.3) is 0 Å². The van der Waals surface area contributed by atoms with Crippen molar-refractivity contribution in [3.05, 3.63) is 21.4 Å². The lowest BCUT2D eigenvalue weighted by molar-refractivity contribution is 0.0752. The molecule has 1 aromatic heterocycles. The monoisotopic (exact) mass is 341 g/mol. The van der Waals surface area contributed by atoms with Crippen molar-refractivity contribution in [3.8, 4) is 0 Å². The van der Waals surface area contributed by atoms with Crippen molar-refractivity contribution in [2.45, 2.75) is 51.0 Å². The van der Waals surface area contributed by atoms with E-state index in [4.69, 9.17) is 0 Å². The molecule has 1 aromatic rings. The van der Waals surface area contributed by atoms with Crippen LogP contribution in [-0.2, 0) is 22.7 Å². The summed E-state index contributed by atoms with van der Waals surface area (Å²) < 4.78 is 23.2. The van der Waals surface area contributed by atoms with Gasteiger partial charge in [0.25, 0.3) is 5.91 Å². The molecule has 0 aromatic carbocycles. The van der Waals surface area contributed by atoms with Crippen LogP contribution >= 0.6 is 11.3 Å². The lowest BCUT2D eigenvalue weighted by atomic mass is 10.00. The number of carbonyl (C=O) groups is 1. The highest BCUT2D eigenvalue weighted by Gasteiger charge is 2.33. The lowest BCUT2D eigenvalue weighted by Crippen LogP contribution is -2.37. The second-order valence-electron chi connectivity index (χ2n) is 6.45. The van der Waals surface area contributed by atoms with Crippen LogP contribution in [0.15, 0.2) is 6.07 Å². The Balaban J connectivity index is 1.76. The van der Waals surface area contributed by atoms with Gasteiger partial charge in [-0.15, -0.1) is 11.3 Å². The minimum absolute atomic E-state index is 0.0150. The molecule has 0 radical (unpaired) electrons. The van der Waals surface area contributed by atoms with E-state index in [1.165, 1.54) is 36.1 Å². The van der Waals surface area contributed by atoms with Crippen molar-refractivity contribution in [1.82, 2.24) is 4.90 Å². The molecule has 122 valence electrons. The van der Waals surface area contributed by atoms with E-state index in [9.17, 15) is 13.2 Å². The van der Waals surface area contributed by atoms with Crippen molar-refractivity contribution < 1.29 is 13.2 Å². The van der Waals surface area contributed by atoms with Gasteiger partial charge in [0.05, 0.1) is 16.4 Å². The molecular formula is C16H23NO3S2. The van der Waals surface area contributed by atoms with E-state index in [1.54, 1.807) is 23.3 Å².